The summed E-state index contributed by atoms with van der Waals surface area (Å²) in [7, 11) is 0. The SMILES string of the molecule is Cc1ncc(CO)cc1O. The van der Waals surface area contributed by atoms with Crippen LogP contribution in [-0.4, -0.2) is 15.2 Å². The third-order valence-electron chi connectivity index (χ3n) is 1.30. The van der Waals surface area contributed by atoms with Gasteiger partial charge in [0.25, 0.3) is 0 Å². The van der Waals surface area contributed by atoms with Crippen LogP contribution in [-0.2, 0) is 6.61 Å². The van der Waals surface area contributed by atoms with Gasteiger partial charge >= 0.3 is 0 Å². The Morgan fingerprint density at radius 3 is 2.80 bits per heavy atom. The molecule has 0 radical (unpaired) electrons. The average Bonchev–Trinajstić information content (AvgIpc) is 1.95. The molecule has 1 aromatic heterocycles. The molecule has 0 aliphatic heterocycles. The summed E-state index contributed by atoms with van der Waals surface area (Å²) < 4.78 is 0. The van der Waals surface area contributed by atoms with Crippen molar-refractivity contribution in [2.75, 3.05) is 0 Å². The number of aliphatic hydroxyl groups is 1. The first kappa shape index (κ1) is 7.02. The average molecular weight is 139 g/mol. The van der Waals surface area contributed by atoms with E-state index >= 15 is 0 Å². The number of hydrogen-bond acceptors (Lipinski definition) is 3. The number of hydrogen-bond donors (Lipinski definition) is 2. The van der Waals surface area contributed by atoms with Crippen LogP contribution < -0.4 is 0 Å². The maximum Gasteiger partial charge on any atom is 0.137 e. The minimum atomic E-state index is -0.0825. The van der Waals surface area contributed by atoms with Crippen molar-refractivity contribution in [1.29, 1.82) is 0 Å². The Morgan fingerprint density at radius 2 is 2.30 bits per heavy atom. The van der Waals surface area contributed by atoms with Crippen molar-refractivity contribution in [2.24, 2.45) is 0 Å². The van der Waals surface area contributed by atoms with E-state index in [0.29, 0.717) is 11.3 Å². The molecule has 0 atom stereocenters. The summed E-state index contributed by atoms with van der Waals surface area (Å²) in [6.45, 7) is 1.62. The van der Waals surface area contributed by atoms with Crippen molar-refractivity contribution >= 4 is 0 Å². The van der Waals surface area contributed by atoms with E-state index in [-0.39, 0.29) is 12.4 Å². The zero-order valence-corrected chi connectivity index (χ0v) is 5.70. The number of aliphatic hydroxyl groups excluding tert-OH is 1. The minimum absolute atomic E-state index is 0.0825. The van der Waals surface area contributed by atoms with E-state index in [0.717, 1.165) is 0 Å². The van der Waals surface area contributed by atoms with Crippen LogP contribution in [0.15, 0.2) is 12.3 Å². The number of aromatic nitrogens is 1. The van der Waals surface area contributed by atoms with E-state index in [4.69, 9.17) is 10.2 Å². The Labute approximate surface area is 59.0 Å². The van der Waals surface area contributed by atoms with Crippen LogP contribution in [0.25, 0.3) is 0 Å². The molecule has 0 fully saturated rings. The summed E-state index contributed by atoms with van der Waals surface area (Å²) in [5.41, 5.74) is 1.21. The van der Waals surface area contributed by atoms with E-state index in [1.165, 1.54) is 12.3 Å². The van der Waals surface area contributed by atoms with Crippen molar-refractivity contribution < 1.29 is 10.2 Å². The number of nitrogens with zero attached hydrogens (tertiary/aromatic N) is 1. The van der Waals surface area contributed by atoms with Crippen molar-refractivity contribution in [3.05, 3.63) is 23.5 Å². The highest BCUT2D eigenvalue weighted by atomic mass is 16.3. The molecule has 0 saturated heterocycles. The predicted molar refractivity (Wildman–Crippen MR) is 36.6 cm³/mol. The molecule has 3 heteroatoms. The fraction of sp³-hybridized carbons (Fsp3) is 0.286. The second kappa shape index (κ2) is 2.66. The van der Waals surface area contributed by atoms with Crippen molar-refractivity contribution in [2.45, 2.75) is 13.5 Å². The molecule has 0 aromatic carbocycles. The van der Waals surface area contributed by atoms with Crippen LogP contribution in [0.4, 0.5) is 0 Å². The fourth-order valence-corrected chi connectivity index (χ4v) is 0.650. The van der Waals surface area contributed by atoms with Gasteiger partial charge in [-0.15, -0.1) is 0 Å². The summed E-state index contributed by atoms with van der Waals surface area (Å²) in [4.78, 5) is 3.84. The standard InChI is InChI=1S/C7H9NO2/c1-5-7(10)2-6(4-9)3-8-5/h2-3,9-10H,4H2,1H3. The molecule has 1 heterocycles. The molecular formula is C7H9NO2. The monoisotopic (exact) mass is 139 g/mol. The van der Waals surface area contributed by atoms with E-state index < -0.39 is 0 Å². The molecule has 0 aliphatic rings. The lowest BCUT2D eigenvalue weighted by Gasteiger charge is -1.98. The van der Waals surface area contributed by atoms with Crippen LogP contribution in [0.2, 0.25) is 0 Å². The van der Waals surface area contributed by atoms with Gasteiger partial charge < -0.3 is 10.2 Å². The molecule has 0 unspecified atom stereocenters. The molecule has 0 amide bonds. The lowest BCUT2D eigenvalue weighted by molar-refractivity contribution is 0.280. The van der Waals surface area contributed by atoms with E-state index in [1.807, 2.05) is 0 Å². The Bertz CT molecular complexity index is 235. The highest BCUT2D eigenvalue weighted by molar-refractivity contribution is 5.28. The first-order valence-corrected chi connectivity index (χ1v) is 2.99. The summed E-state index contributed by atoms with van der Waals surface area (Å²) >= 11 is 0. The quantitative estimate of drug-likeness (QED) is 0.598. The lowest BCUT2D eigenvalue weighted by Crippen LogP contribution is -1.87. The number of rotatable bonds is 1. The Balaban J connectivity index is 3.04. The maximum atomic E-state index is 9.06. The van der Waals surface area contributed by atoms with Crippen LogP contribution in [0.1, 0.15) is 11.3 Å². The van der Waals surface area contributed by atoms with E-state index in [9.17, 15) is 0 Å². The van der Waals surface area contributed by atoms with Crippen LogP contribution >= 0.6 is 0 Å². The molecule has 1 rings (SSSR count). The number of pyridine rings is 1. The molecule has 0 saturated carbocycles. The Kier molecular flexibility index (Phi) is 1.87. The normalized spacial score (nSPS) is 9.80. The molecule has 0 aliphatic carbocycles. The molecule has 3 nitrogen and oxygen atoms in total. The van der Waals surface area contributed by atoms with Gasteiger partial charge in [-0.1, -0.05) is 0 Å². The first-order valence-electron chi connectivity index (χ1n) is 2.99. The number of aromatic hydroxyl groups is 1. The van der Waals surface area contributed by atoms with Crippen LogP contribution in [0.3, 0.4) is 0 Å². The Hall–Kier alpha value is -1.09. The zero-order chi connectivity index (χ0) is 7.56. The minimum Gasteiger partial charge on any atom is -0.506 e. The predicted octanol–water partition coefficient (Wildman–Crippen LogP) is 0.588. The topological polar surface area (TPSA) is 53.4 Å². The van der Waals surface area contributed by atoms with Crippen molar-refractivity contribution in [3.63, 3.8) is 0 Å². The summed E-state index contributed by atoms with van der Waals surface area (Å²) in [6, 6.07) is 1.50. The summed E-state index contributed by atoms with van der Waals surface area (Å²) in [5, 5.41) is 17.7. The van der Waals surface area contributed by atoms with Crippen LogP contribution in [0, 0.1) is 6.92 Å². The molecular weight excluding hydrogens is 130 g/mol. The lowest BCUT2D eigenvalue weighted by atomic mass is 10.2. The Morgan fingerprint density at radius 1 is 1.60 bits per heavy atom. The maximum absolute atomic E-state index is 9.06. The molecule has 0 bridgehead atoms. The first-order chi connectivity index (χ1) is 4.74. The molecule has 2 N–H and O–H groups in total. The van der Waals surface area contributed by atoms with Gasteiger partial charge in [-0.05, 0) is 18.6 Å². The molecule has 1 aromatic rings. The van der Waals surface area contributed by atoms with Gasteiger partial charge in [0.1, 0.15) is 5.75 Å². The van der Waals surface area contributed by atoms with Gasteiger partial charge in [-0.2, -0.15) is 0 Å². The third kappa shape index (κ3) is 1.25. The second-order valence-electron chi connectivity index (χ2n) is 2.11. The van der Waals surface area contributed by atoms with Gasteiger partial charge in [0.2, 0.25) is 0 Å². The smallest absolute Gasteiger partial charge is 0.137 e. The molecule has 0 spiro atoms. The van der Waals surface area contributed by atoms with E-state index in [2.05, 4.69) is 4.98 Å². The largest absolute Gasteiger partial charge is 0.506 e. The van der Waals surface area contributed by atoms with Crippen molar-refractivity contribution in [1.82, 2.24) is 4.98 Å². The molecule has 10 heavy (non-hydrogen) atoms. The molecule has 54 valence electrons. The van der Waals surface area contributed by atoms with E-state index in [1.54, 1.807) is 6.92 Å². The highest BCUT2D eigenvalue weighted by Crippen LogP contribution is 2.13. The van der Waals surface area contributed by atoms with Gasteiger partial charge in [-0.25, -0.2) is 0 Å². The van der Waals surface area contributed by atoms with Crippen molar-refractivity contribution in [3.8, 4) is 5.75 Å². The number of aryl methyl sites for hydroxylation is 1. The van der Waals surface area contributed by atoms with Crippen LogP contribution in [0.5, 0.6) is 5.75 Å². The van der Waals surface area contributed by atoms with Gasteiger partial charge in [0.15, 0.2) is 0 Å². The van der Waals surface area contributed by atoms with Gasteiger partial charge in [0, 0.05) is 6.20 Å². The highest BCUT2D eigenvalue weighted by Gasteiger charge is 1.96. The second-order valence-corrected chi connectivity index (χ2v) is 2.11. The summed E-state index contributed by atoms with van der Waals surface area (Å²) in [6.07, 6.45) is 1.54. The van der Waals surface area contributed by atoms with Gasteiger partial charge in [0.05, 0.1) is 12.3 Å². The summed E-state index contributed by atoms with van der Waals surface area (Å²) in [5.74, 6) is 0.131. The third-order valence-corrected chi connectivity index (χ3v) is 1.30. The zero-order valence-electron chi connectivity index (χ0n) is 5.70. The van der Waals surface area contributed by atoms with Gasteiger partial charge in [-0.3, -0.25) is 4.98 Å². The fourth-order valence-electron chi connectivity index (χ4n) is 0.650.